The molecular weight excluding hydrogens is 222 g/mol. The molecule has 1 N–H and O–H groups in total. The van der Waals surface area contributed by atoms with Gasteiger partial charge in [0.15, 0.2) is 0 Å². The van der Waals surface area contributed by atoms with E-state index in [0.29, 0.717) is 6.04 Å². The summed E-state index contributed by atoms with van der Waals surface area (Å²) >= 11 is 0. The molecule has 2 nitrogen and oxygen atoms in total. The van der Waals surface area contributed by atoms with Crippen LogP contribution in [0.1, 0.15) is 30.2 Å². The maximum absolute atomic E-state index is 5.34. The summed E-state index contributed by atoms with van der Waals surface area (Å²) in [6.45, 7) is 5.32. The Bertz CT molecular complexity index is 462. The van der Waals surface area contributed by atoms with E-state index in [1.165, 1.54) is 11.1 Å². The fraction of sp³-hybridized carbons (Fsp3) is 0.375. The summed E-state index contributed by atoms with van der Waals surface area (Å²) in [7, 11) is 0. The highest BCUT2D eigenvalue weighted by atomic mass is 16.3. The fourth-order valence-corrected chi connectivity index (χ4v) is 2.01. The van der Waals surface area contributed by atoms with Crippen molar-refractivity contribution in [2.45, 2.75) is 39.3 Å². The second-order valence-electron chi connectivity index (χ2n) is 4.83. The van der Waals surface area contributed by atoms with Gasteiger partial charge in [0.25, 0.3) is 0 Å². The largest absolute Gasteiger partial charge is 0.469 e. The van der Waals surface area contributed by atoms with Crippen LogP contribution in [0.5, 0.6) is 0 Å². The van der Waals surface area contributed by atoms with Gasteiger partial charge in [-0.1, -0.05) is 24.3 Å². The number of aryl methyl sites for hydroxylation is 2. The Morgan fingerprint density at radius 1 is 1.17 bits per heavy atom. The molecule has 1 unspecified atom stereocenters. The molecule has 1 aromatic heterocycles. The average Bonchev–Trinajstić information content (AvgIpc) is 2.88. The summed E-state index contributed by atoms with van der Waals surface area (Å²) in [5.41, 5.74) is 2.73. The Hall–Kier alpha value is -1.54. The number of benzene rings is 1. The second-order valence-corrected chi connectivity index (χ2v) is 4.83. The molecule has 0 amide bonds. The summed E-state index contributed by atoms with van der Waals surface area (Å²) in [6, 6.07) is 13.0. The van der Waals surface area contributed by atoms with E-state index in [0.717, 1.165) is 25.1 Å². The van der Waals surface area contributed by atoms with Crippen LogP contribution in [0.2, 0.25) is 0 Å². The maximum atomic E-state index is 5.34. The Morgan fingerprint density at radius 2 is 2.00 bits per heavy atom. The first kappa shape index (κ1) is 12.9. The molecule has 0 radical (unpaired) electrons. The molecule has 0 bridgehead atoms. The molecule has 0 aliphatic heterocycles. The number of hydrogen-bond donors (Lipinski definition) is 1. The van der Waals surface area contributed by atoms with E-state index >= 15 is 0 Å². The highest BCUT2D eigenvalue weighted by Crippen LogP contribution is 2.09. The van der Waals surface area contributed by atoms with Crippen molar-refractivity contribution in [1.29, 1.82) is 0 Å². The van der Waals surface area contributed by atoms with Gasteiger partial charge in [0.05, 0.1) is 6.26 Å². The Balaban J connectivity index is 1.75. The Morgan fingerprint density at radius 3 is 2.72 bits per heavy atom. The van der Waals surface area contributed by atoms with Crippen LogP contribution >= 0.6 is 0 Å². The zero-order valence-corrected chi connectivity index (χ0v) is 11.1. The van der Waals surface area contributed by atoms with Gasteiger partial charge in [-0.25, -0.2) is 0 Å². The van der Waals surface area contributed by atoms with Crippen molar-refractivity contribution in [3.05, 3.63) is 59.5 Å². The first-order chi connectivity index (χ1) is 8.75. The van der Waals surface area contributed by atoms with Gasteiger partial charge in [0.2, 0.25) is 0 Å². The van der Waals surface area contributed by atoms with Crippen LogP contribution in [0.4, 0.5) is 0 Å². The van der Waals surface area contributed by atoms with E-state index in [9.17, 15) is 0 Å². The first-order valence-corrected chi connectivity index (χ1v) is 6.56. The van der Waals surface area contributed by atoms with E-state index in [1.807, 2.05) is 12.1 Å². The van der Waals surface area contributed by atoms with Crippen LogP contribution in [0.25, 0.3) is 0 Å². The highest BCUT2D eigenvalue weighted by molar-refractivity contribution is 5.25. The molecule has 0 aliphatic carbocycles. The molecule has 1 aromatic carbocycles. The molecule has 2 aromatic rings. The third-order valence-corrected chi connectivity index (χ3v) is 3.31. The van der Waals surface area contributed by atoms with E-state index in [1.54, 1.807) is 6.26 Å². The zero-order chi connectivity index (χ0) is 12.8. The van der Waals surface area contributed by atoms with Crippen molar-refractivity contribution >= 4 is 0 Å². The van der Waals surface area contributed by atoms with E-state index in [2.05, 4.69) is 43.4 Å². The molecule has 0 saturated heterocycles. The number of nitrogens with one attached hydrogen (secondary N) is 1. The summed E-state index contributed by atoms with van der Waals surface area (Å²) in [4.78, 5) is 0. The Labute approximate surface area is 109 Å². The molecule has 18 heavy (non-hydrogen) atoms. The van der Waals surface area contributed by atoms with Crippen LogP contribution in [-0.2, 0) is 13.0 Å². The third kappa shape index (κ3) is 3.74. The van der Waals surface area contributed by atoms with Crippen LogP contribution in [0.3, 0.4) is 0 Å². The predicted molar refractivity (Wildman–Crippen MR) is 74.5 cm³/mol. The van der Waals surface area contributed by atoms with Crippen molar-refractivity contribution < 1.29 is 4.42 Å². The van der Waals surface area contributed by atoms with Crippen molar-refractivity contribution in [1.82, 2.24) is 5.32 Å². The number of hydrogen-bond acceptors (Lipinski definition) is 2. The van der Waals surface area contributed by atoms with Gasteiger partial charge in [0.1, 0.15) is 5.76 Å². The second kappa shape index (κ2) is 6.41. The summed E-state index contributed by atoms with van der Waals surface area (Å²) in [6.07, 6.45) is 3.83. The van der Waals surface area contributed by atoms with Crippen molar-refractivity contribution in [3.8, 4) is 0 Å². The van der Waals surface area contributed by atoms with E-state index in [-0.39, 0.29) is 0 Å². The minimum Gasteiger partial charge on any atom is -0.469 e. The standard InChI is InChI=1S/C16H21NO/c1-13-6-3-4-7-15(13)12-17-14(2)9-10-16-8-5-11-18-16/h3-8,11,14,17H,9-10,12H2,1-2H3. The molecule has 96 valence electrons. The maximum Gasteiger partial charge on any atom is 0.103 e. The topological polar surface area (TPSA) is 25.2 Å². The van der Waals surface area contributed by atoms with Crippen LogP contribution in [0.15, 0.2) is 47.1 Å². The van der Waals surface area contributed by atoms with Gasteiger partial charge in [-0.15, -0.1) is 0 Å². The molecule has 0 spiro atoms. The molecule has 0 saturated carbocycles. The van der Waals surface area contributed by atoms with Crippen molar-refractivity contribution in [2.24, 2.45) is 0 Å². The smallest absolute Gasteiger partial charge is 0.103 e. The van der Waals surface area contributed by atoms with Gasteiger partial charge in [-0.2, -0.15) is 0 Å². The summed E-state index contributed by atoms with van der Waals surface area (Å²) < 4.78 is 5.34. The number of rotatable bonds is 6. The minimum absolute atomic E-state index is 0.495. The SMILES string of the molecule is Cc1ccccc1CNC(C)CCc1ccco1. The monoisotopic (exact) mass is 243 g/mol. The highest BCUT2D eigenvalue weighted by Gasteiger charge is 2.04. The van der Waals surface area contributed by atoms with Crippen LogP contribution in [-0.4, -0.2) is 6.04 Å². The zero-order valence-electron chi connectivity index (χ0n) is 11.1. The van der Waals surface area contributed by atoms with Crippen molar-refractivity contribution in [2.75, 3.05) is 0 Å². The molecule has 1 atom stereocenters. The van der Waals surface area contributed by atoms with Crippen molar-refractivity contribution in [3.63, 3.8) is 0 Å². The van der Waals surface area contributed by atoms with Gasteiger partial charge in [-0.05, 0) is 43.5 Å². The van der Waals surface area contributed by atoms with Crippen LogP contribution in [0, 0.1) is 6.92 Å². The van der Waals surface area contributed by atoms with Gasteiger partial charge >= 0.3 is 0 Å². The molecule has 2 rings (SSSR count). The van der Waals surface area contributed by atoms with Gasteiger partial charge in [0, 0.05) is 19.0 Å². The van der Waals surface area contributed by atoms with Gasteiger partial charge < -0.3 is 9.73 Å². The molecule has 0 aliphatic rings. The lowest BCUT2D eigenvalue weighted by Crippen LogP contribution is -2.26. The lowest BCUT2D eigenvalue weighted by atomic mass is 10.1. The molecule has 0 fully saturated rings. The lowest BCUT2D eigenvalue weighted by Gasteiger charge is -2.14. The summed E-state index contributed by atoms with van der Waals surface area (Å²) in [5.74, 6) is 1.07. The van der Waals surface area contributed by atoms with Gasteiger partial charge in [-0.3, -0.25) is 0 Å². The average molecular weight is 243 g/mol. The fourth-order valence-electron chi connectivity index (χ4n) is 2.01. The normalized spacial score (nSPS) is 12.6. The third-order valence-electron chi connectivity index (χ3n) is 3.31. The first-order valence-electron chi connectivity index (χ1n) is 6.56. The number of furan rings is 1. The quantitative estimate of drug-likeness (QED) is 0.837. The van der Waals surface area contributed by atoms with Crippen LogP contribution < -0.4 is 5.32 Å². The lowest BCUT2D eigenvalue weighted by molar-refractivity contribution is 0.459. The molecular formula is C16H21NO. The molecule has 1 heterocycles. The summed E-state index contributed by atoms with van der Waals surface area (Å²) in [5, 5.41) is 3.56. The predicted octanol–water partition coefficient (Wildman–Crippen LogP) is 3.70. The van der Waals surface area contributed by atoms with E-state index < -0.39 is 0 Å². The van der Waals surface area contributed by atoms with E-state index in [4.69, 9.17) is 4.42 Å². The minimum atomic E-state index is 0.495. The molecule has 2 heteroatoms. The Kier molecular flexibility index (Phi) is 4.59.